The average molecular weight is 528 g/mol. The zero-order valence-electron chi connectivity index (χ0n) is 21.5. The number of aliphatic hydroxyl groups is 4. The summed E-state index contributed by atoms with van der Waals surface area (Å²) in [6, 6.07) is 2.18. The quantitative estimate of drug-likeness (QED) is 0.305. The van der Waals surface area contributed by atoms with Gasteiger partial charge in [0, 0.05) is 24.6 Å². The number of carbonyl (C=O) groups is 3. The minimum absolute atomic E-state index is 0.0615. The largest absolute Gasteiger partial charge is 0.510 e. The zero-order valence-corrected chi connectivity index (χ0v) is 21.5. The minimum atomic E-state index is -2.91. The molecule has 1 unspecified atom stereocenters. The van der Waals surface area contributed by atoms with E-state index in [0.29, 0.717) is 24.3 Å². The summed E-state index contributed by atoms with van der Waals surface area (Å²) in [6.45, 7) is 3.13. The number of amides is 1. The van der Waals surface area contributed by atoms with Crippen LogP contribution in [-0.4, -0.2) is 92.8 Å². The minimum Gasteiger partial charge on any atom is -0.510 e. The van der Waals surface area contributed by atoms with Crippen molar-refractivity contribution in [3.8, 4) is 5.75 Å². The number of hydrogen-bond donors (Lipinski definition) is 6. The Morgan fingerprint density at radius 3 is 2.32 bits per heavy atom. The molecule has 1 heterocycles. The molecule has 1 aromatic rings. The Morgan fingerprint density at radius 2 is 1.74 bits per heavy atom. The van der Waals surface area contributed by atoms with Crippen molar-refractivity contribution >= 4 is 23.2 Å². The molecule has 204 valence electrons. The number of rotatable bonds is 3. The maximum atomic E-state index is 13.9. The van der Waals surface area contributed by atoms with Gasteiger partial charge in [-0.3, -0.25) is 19.3 Å². The van der Waals surface area contributed by atoms with Crippen molar-refractivity contribution in [2.45, 2.75) is 49.9 Å². The molecule has 0 saturated carbocycles. The smallest absolute Gasteiger partial charge is 0.255 e. The number of ketones is 2. The molecule has 1 aromatic carbocycles. The van der Waals surface area contributed by atoms with Crippen molar-refractivity contribution < 1.29 is 39.9 Å². The van der Waals surface area contributed by atoms with E-state index >= 15 is 0 Å². The Balaban J connectivity index is 1.73. The molecular weight excluding hydrogens is 494 g/mol. The molecule has 11 nitrogen and oxygen atoms in total. The number of benzene rings is 1. The summed E-state index contributed by atoms with van der Waals surface area (Å²) < 4.78 is 0. The molecule has 1 aliphatic heterocycles. The number of nitrogens with two attached hydrogens (primary N) is 1. The summed E-state index contributed by atoms with van der Waals surface area (Å²) >= 11 is 0. The second kappa shape index (κ2) is 8.82. The highest BCUT2D eigenvalue weighted by molar-refractivity contribution is 6.25. The fraction of sp³-hybridized carbons (Fsp3) is 0.519. The second-order valence-corrected chi connectivity index (χ2v) is 11.0. The van der Waals surface area contributed by atoms with Crippen molar-refractivity contribution in [2.24, 2.45) is 17.6 Å². The van der Waals surface area contributed by atoms with Crippen LogP contribution in [0.2, 0.25) is 0 Å². The summed E-state index contributed by atoms with van der Waals surface area (Å²) in [7, 11) is 3.01. The highest BCUT2D eigenvalue weighted by Gasteiger charge is 2.67. The number of likely N-dealkylation sites (N-methyl/N-ethyl adjacent to an activating group) is 1. The third-order valence-electron chi connectivity index (χ3n) is 8.81. The van der Waals surface area contributed by atoms with Crippen LogP contribution in [0.5, 0.6) is 5.75 Å². The van der Waals surface area contributed by atoms with E-state index in [1.165, 1.54) is 19.0 Å². The molecule has 5 rings (SSSR count). The van der Waals surface area contributed by atoms with Crippen LogP contribution in [0.25, 0.3) is 0 Å². The van der Waals surface area contributed by atoms with Crippen molar-refractivity contribution in [3.05, 3.63) is 45.9 Å². The first-order chi connectivity index (χ1) is 17.8. The predicted octanol–water partition coefficient (Wildman–Crippen LogP) is 0.643. The van der Waals surface area contributed by atoms with E-state index in [4.69, 9.17) is 5.73 Å². The maximum absolute atomic E-state index is 13.9. The van der Waals surface area contributed by atoms with E-state index in [1.807, 2.05) is 4.90 Å². The van der Waals surface area contributed by atoms with Crippen LogP contribution in [0.1, 0.15) is 48.0 Å². The topological polar surface area (TPSA) is 185 Å². The number of fused-ring (bicyclic) bond motifs is 3. The van der Waals surface area contributed by atoms with Gasteiger partial charge < -0.3 is 36.2 Å². The molecule has 0 radical (unpaired) electrons. The Labute approximate surface area is 219 Å². The molecule has 3 aliphatic carbocycles. The first-order valence-corrected chi connectivity index (χ1v) is 12.8. The fourth-order valence-electron chi connectivity index (χ4n) is 7.00. The summed E-state index contributed by atoms with van der Waals surface area (Å²) in [5.41, 5.74) is 1.99. The molecule has 11 heteroatoms. The normalized spacial score (nSPS) is 33.3. The summed E-state index contributed by atoms with van der Waals surface area (Å²) in [5.74, 6) is -8.76. The van der Waals surface area contributed by atoms with Crippen LogP contribution in [-0.2, 0) is 9.59 Å². The number of phenolic OH excluding ortho intramolecular Hbond substituents is 1. The predicted molar refractivity (Wildman–Crippen MR) is 136 cm³/mol. The van der Waals surface area contributed by atoms with Crippen molar-refractivity contribution in [1.29, 1.82) is 0 Å². The Kier molecular flexibility index (Phi) is 6.08. The summed E-state index contributed by atoms with van der Waals surface area (Å²) in [5, 5.41) is 57.0. The number of Topliss-reactive ketones (excluding diaryl/α,β-unsaturated/α-hetero) is 2. The lowest BCUT2D eigenvalue weighted by Crippen LogP contribution is -2.68. The van der Waals surface area contributed by atoms with Crippen LogP contribution >= 0.6 is 0 Å². The number of anilines is 1. The van der Waals surface area contributed by atoms with E-state index in [2.05, 4.69) is 0 Å². The van der Waals surface area contributed by atoms with Gasteiger partial charge in [0.15, 0.2) is 11.4 Å². The van der Waals surface area contributed by atoms with Gasteiger partial charge >= 0.3 is 0 Å². The number of piperidine rings is 1. The highest BCUT2D eigenvalue weighted by Crippen LogP contribution is 2.56. The van der Waals surface area contributed by atoms with E-state index in [9.17, 15) is 39.9 Å². The van der Waals surface area contributed by atoms with Crippen molar-refractivity contribution in [3.63, 3.8) is 0 Å². The molecule has 0 spiro atoms. The number of hydrogen-bond acceptors (Lipinski definition) is 10. The van der Waals surface area contributed by atoms with E-state index in [1.54, 1.807) is 19.1 Å². The third kappa shape index (κ3) is 3.28. The van der Waals surface area contributed by atoms with Crippen LogP contribution < -0.4 is 10.6 Å². The molecular formula is C27H33N3O8. The van der Waals surface area contributed by atoms with E-state index in [0.717, 1.165) is 19.3 Å². The lowest BCUT2D eigenvalue weighted by Gasteiger charge is -2.53. The van der Waals surface area contributed by atoms with E-state index in [-0.39, 0.29) is 11.3 Å². The summed E-state index contributed by atoms with van der Waals surface area (Å²) in [4.78, 5) is 42.9. The van der Waals surface area contributed by atoms with Gasteiger partial charge in [-0.05, 0) is 50.9 Å². The Bertz CT molecular complexity index is 1310. The molecule has 1 amide bonds. The first kappa shape index (κ1) is 26.2. The van der Waals surface area contributed by atoms with Crippen LogP contribution in [0.15, 0.2) is 34.8 Å². The average Bonchev–Trinajstić information content (AvgIpc) is 2.86. The molecule has 1 saturated heterocycles. The number of primary amides is 1. The number of aliphatic hydroxyl groups excluding tert-OH is 3. The second-order valence-electron chi connectivity index (χ2n) is 11.0. The zero-order chi connectivity index (χ0) is 27.8. The number of nitrogens with zero attached hydrogens (tertiary/aromatic N) is 2. The Hall–Kier alpha value is -3.41. The molecule has 1 fully saturated rings. The van der Waals surface area contributed by atoms with Gasteiger partial charge in [-0.1, -0.05) is 13.0 Å². The lowest BCUT2D eigenvalue weighted by atomic mass is 9.55. The van der Waals surface area contributed by atoms with Gasteiger partial charge in [-0.25, -0.2) is 0 Å². The lowest BCUT2D eigenvalue weighted by molar-refractivity contribution is -0.162. The van der Waals surface area contributed by atoms with Crippen molar-refractivity contribution in [2.75, 3.05) is 32.1 Å². The number of phenols is 1. The molecule has 6 atom stereocenters. The SMILES string of the molecule is C[C@H]1c2ccc(N3CCCCC3)c(O)c2C(=O)C2=C(O)[C@]3(O)C(=O)C(C(N)=O)=C(O)C(N(C)C)[C@@H]3[C@@H](O)[C@@H]21. The molecule has 0 bridgehead atoms. The van der Waals surface area contributed by atoms with Gasteiger partial charge in [-0.2, -0.15) is 0 Å². The maximum Gasteiger partial charge on any atom is 0.255 e. The number of aromatic hydroxyl groups is 1. The standard InChI is InChI=1S/C27H33N3O8/c1-11-12-7-8-13(30-9-5-4-6-10-30)20(31)15(12)21(32)16-14(11)22(33)18-19(29(2)3)23(34)17(26(28)37)25(36)27(18,38)24(16)35/h7-8,11,14,18-19,22,31,33-35,38H,4-6,9-10H2,1-3H3,(H2,28,37)/t11-,14+,18+,19?,22-,27-/m0/s1. The van der Waals surface area contributed by atoms with Gasteiger partial charge in [0.2, 0.25) is 5.78 Å². The van der Waals surface area contributed by atoms with Gasteiger partial charge in [0.25, 0.3) is 5.91 Å². The fourth-order valence-corrected chi connectivity index (χ4v) is 7.00. The number of carbonyl (C=O) groups excluding carboxylic acids is 3. The molecule has 4 aliphatic rings. The van der Waals surface area contributed by atoms with Crippen molar-refractivity contribution in [1.82, 2.24) is 4.90 Å². The highest BCUT2D eigenvalue weighted by atomic mass is 16.4. The van der Waals surface area contributed by atoms with Gasteiger partial charge in [-0.15, -0.1) is 0 Å². The third-order valence-corrected chi connectivity index (χ3v) is 8.81. The molecule has 7 N–H and O–H groups in total. The first-order valence-electron chi connectivity index (χ1n) is 12.8. The van der Waals surface area contributed by atoms with Gasteiger partial charge in [0.1, 0.15) is 22.8 Å². The molecule has 0 aromatic heterocycles. The monoisotopic (exact) mass is 527 g/mol. The van der Waals surface area contributed by atoms with E-state index < -0.39 is 75.6 Å². The summed E-state index contributed by atoms with van der Waals surface area (Å²) in [6.07, 6.45) is 1.34. The van der Waals surface area contributed by atoms with Gasteiger partial charge in [0.05, 0.1) is 29.3 Å². The molecule has 38 heavy (non-hydrogen) atoms. The Morgan fingerprint density at radius 1 is 1.11 bits per heavy atom. The van der Waals surface area contributed by atoms with Crippen LogP contribution in [0.3, 0.4) is 0 Å². The van der Waals surface area contributed by atoms with Crippen LogP contribution in [0.4, 0.5) is 5.69 Å². The van der Waals surface area contributed by atoms with Crippen LogP contribution in [0, 0.1) is 11.8 Å².